The Kier molecular flexibility index (Phi) is 7.47. The number of rotatable bonds is 10. The number of hydrogen-bond donors (Lipinski definition) is 1. The van der Waals surface area contributed by atoms with Gasteiger partial charge in [-0.05, 0) is 48.9 Å². The van der Waals surface area contributed by atoms with Crippen LogP contribution in [-0.4, -0.2) is 40.0 Å². The van der Waals surface area contributed by atoms with Gasteiger partial charge in [-0.25, -0.2) is 9.50 Å². The van der Waals surface area contributed by atoms with E-state index in [1.807, 2.05) is 54.6 Å². The molecule has 4 aromatic rings. The van der Waals surface area contributed by atoms with Crippen molar-refractivity contribution in [1.29, 1.82) is 0 Å². The van der Waals surface area contributed by atoms with Crippen molar-refractivity contribution in [2.24, 2.45) is 0 Å². The molecule has 1 amide bonds. The van der Waals surface area contributed by atoms with E-state index in [-0.39, 0.29) is 11.7 Å². The Balaban J connectivity index is 1.48. The van der Waals surface area contributed by atoms with Crippen molar-refractivity contribution in [1.82, 2.24) is 14.6 Å². The van der Waals surface area contributed by atoms with Gasteiger partial charge in [0.15, 0.2) is 0 Å². The van der Waals surface area contributed by atoms with Crippen LogP contribution in [0, 0.1) is 0 Å². The van der Waals surface area contributed by atoms with Crippen LogP contribution in [0.4, 0.5) is 5.69 Å². The summed E-state index contributed by atoms with van der Waals surface area (Å²) in [4.78, 5) is 16.9. The number of para-hydroxylation sites is 1. The van der Waals surface area contributed by atoms with Gasteiger partial charge in [0.2, 0.25) is 5.91 Å². The first-order valence-corrected chi connectivity index (χ1v) is 11.8. The molecule has 0 atom stereocenters. The monoisotopic (exact) mass is 462 g/mol. The number of anilines is 1. The van der Waals surface area contributed by atoms with Crippen LogP contribution in [0.15, 0.2) is 72.0 Å². The first kappa shape index (κ1) is 22.7. The van der Waals surface area contributed by atoms with Gasteiger partial charge in [-0.2, -0.15) is 5.10 Å². The molecule has 2 aromatic heterocycles. The van der Waals surface area contributed by atoms with Crippen LogP contribution < -0.4 is 14.8 Å². The highest BCUT2D eigenvalue weighted by Gasteiger charge is 2.14. The zero-order chi connectivity index (χ0) is 23.0. The molecule has 2 heterocycles. The van der Waals surface area contributed by atoms with Crippen molar-refractivity contribution in [3.8, 4) is 22.8 Å². The minimum atomic E-state index is -0.108. The second kappa shape index (κ2) is 10.9. The van der Waals surface area contributed by atoms with E-state index in [2.05, 4.69) is 17.2 Å². The average Bonchev–Trinajstić information content (AvgIpc) is 3.28. The molecule has 2 aromatic carbocycles. The summed E-state index contributed by atoms with van der Waals surface area (Å²) >= 11 is 1.37. The standard InChI is InChI=1S/C25H26N4O3S/c1-3-4-15-32-23-8-6-5-7-20(23)21-16-22-25(26-13-14-29(22)28-21)33-17-24(30)27-18-9-11-19(31-2)12-10-18/h5-14,16H,3-4,15,17H2,1-2H3,(H,27,30). The first-order valence-electron chi connectivity index (χ1n) is 10.8. The van der Waals surface area contributed by atoms with Gasteiger partial charge in [0, 0.05) is 23.6 Å². The van der Waals surface area contributed by atoms with E-state index >= 15 is 0 Å². The Bertz CT molecular complexity index is 1220. The fourth-order valence-electron chi connectivity index (χ4n) is 3.28. The maximum absolute atomic E-state index is 12.4. The van der Waals surface area contributed by atoms with Crippen LogP contribution in [-0.2, 0) is 4.79 Å². The summed E-state index contributed by atoms with van der Waals surface area (Å²) in [5.41, 5.74) is 3.31. The van der Waals surface area contributed by atoms with Crippen LogP contribution in [0.25, 0.3) is 16.8 Å². The SMILES string of the molecule is CCCCOc1ccccc1-c1cc2c(SCC(=O)Nc3ccc(OC)cc3)nccn2n1. The Hall–Kier alpha value is -3.52. The quantitative estimate of drug-likeness (QED) is 0.254. The molecule has 4 rings (SSSR count). The number of carbonyl (C=O) groups excluding carboxylic acids is 1. The Morgan fingerprint density at radius 2 is 1.97 bits per heavy atom. The number of nitrogens with one attached hydrogen (secondary N) is 1. The van der Waals surface area contributed by atoms with E-state index in [9.17, 15) is 4.79 Å². The largest absolute Gasteiger partial charge is 0.497 e. The lowest BCUT2D eigenvalue weighted by molar-refractivity contribution is -0.113. The van der Waals surface area contributed by atoms with Gasteiger partial charge < -0.3 is 14.8 Å². The van der Waals surface area contributed by atoms with E-state index in [0.717, 1.165) is 51.8 Å². The fraction of sp³-hybridized carbons (Fsp3) is 0.240. The zero-order valence-corrected chi connectivity index (χ0v) is 19.5. The molecule has 8 heteroatoms. The summed E-state index contributed by atoms with van der Waals surface area (Å²) in [6.45, 7) is 2.81. The van der Waals surface area contributed by atoms with Crippen LogP contribution in [0.2, 0.25) is 0 Å². The van der Waals surface area contributed by atoms with E-state index in [1.54, 1.807) is 24.0 Å². The predicted molar refractivity (Wildman–Crippen MR) is 131 cm³/mol. The predicted octanol–water partition coefficient (Wildman–Crippen LogP) is 5.31. The van der Waals surface area contributed by atoms with Crippen LogP contribution in [0.5, 0.6) is 11.5 Å². The molecular formula is C25H26N4O3S. The zero-order valence-electron chi connectivity index (χ0n) is 18.7. The number of nitrogens with zero attached hydrogens (tertiary/aromatic N) is 3. The fourth-order valence-corrected chi connectivity index (χ4v) is 4.05. The average molecular weight is 463 g/mol. The Morgan fingerprint density at radius 1 is 1.15 bits per heavy atom. The third kappa shape index (κ3) is 5.64. The third-order valence-corrected chi connectivity index (χ3v) is 5.98. The van der Waals surface area contributed by atoms with Gasteiger partial charge in [0.25, 0.3) is 0 Å². The minimum absolute atomic E-state index is 0.108. The van der Waals surface area contributed by atoms with Gasteiger partial charge in [-0.15, -0.1) is 0 Å². The molecule has 33 heavy (non-hydrogen) atoms. The number of aromatic nitrogens is 3. The minimum Gasteiger partial charge on any atom is -0.497 e. The normalized spacial score (nSPS) is 10.8. The van der Waals surface area contributed by atoms with Crippen molar-refractivity contribution in [3.05, 3.63) is 67.0 Å². The lowest BCUT2D eigenvalue weighted by atomic mass is 10.1. The van der Waals surface area contributed by atoms with E-state index in [0.29, 0.717) is 6.61 Å². The number of hydrogen-bond acceptors (Lipinski definition) is 6. The molecule has 0 saturated carbocycles. The number of amides is 1. The number of methoxy groups -OCH3 is 1. The van der Waals surface area contributed by atoms with Gasteiger partial charge in [0.05, 0.1) is 30.7 Å². The molecule has 0 aliphatic rings. The molecular weight excluding hydrogens is 436 g/mol. The molecule has 0 aliphatic carbocycles. The number of benzene rings is 2. The molecule has 0 aliphatic heterocycles. The second-order valence-corrected chi connectivity index (χ2v) is 8.32. The topological polar surface area (TPSA) is 77.8 Å². The van der Waals surface area contributed by atoms with Crippen molar-refractivity contribution in [2.75, 3.05) is 24.8 Å². The number of unbranched alkanes of at least 4 members (excludes halogenated alkanes) is 1. The summed E-state index contributed by atoms with van der Waals surface area (Å²) in [6.07, 6.45) is 5.58. The van der Waals surface area contributed by atoms with Gasteiger partial charge in [-0.1, -0.05) is 37.2 Å². The van der Waals surface area contributed by atoms with E-state index in [4.69, 9.17) is 14.6 Å². The van der Waals surface area contributed by atoms with Crippen LogP contribution in [0.1, 0.15) is 19.8 Å². The first-order chi connectivity index (χ1) is 16.2. The Labute approximate surface area is 197 Å². The van der Waals surface area contributed by atoms with E-state index in [1.165, 1.54) is 11.8 Å². The van der Waals surface area contributed by atoms with Crippen molar-refractivity contribution < 1.29 is 14.3 Å². The van der Waals surface area contributed by atoms with Crippen molar-refractivity contribution >= 4 is 28.9 Å². The van der Waals surface area contributed by atoms with Crippen LogP contribution >= 0.6 is 11.8 Å². The lowest BCUT2D eigenvalue weighted by Crippen LogP contribution is -2.14. The molecule has 0 bridgehead atoms. The molecule has 0 fully saturated rings. The highest BCUT2D eigenvalue weighted by molar-refractivity contribution is 8.00. The molecule has 170 valence electrons. The maximum atomic E-state index is 12.4. The molecule has 0 saturated heterocycles. The lowest BCUT2D eigenvalue weighted by Gasteiger charge is -2.09. The third-order valence-electron chi connectivity index (χ3n) is 4.99. The summed E-state index contributed by atoms with van der Waals surface area (Å²) in [6, 6.07) is 17.1. The molecule has 7 nitrogen and oxygen atoms in total. The molecule has 0 radical (unpaired) electrons. The van der Waals surface area contributed by atoms with Crippen molar-refractivity contribution in [3.63, 3.8) is 0 Å². The number of thioether (sulfide) groups is 1. The second-order valence-electron chi connectivity index (χ2n) is 7.36. The highest BCUT2D eigenvalue weighted by Crippen LogP contribution is 2.32. The number of fused-ring (bicyclic) bond motifs is 1. The summed E-state index contributed by atoms with van der Waals surface area (Å²) in [7, 11) is 1.61. The van der Waals surface area contributed by atoms with E-state index < -0.39 is 0 Å². The molecule has 0 unspecified atom stereocenters. The van der Waals surface area contributed by atoms with Gasteiger partial charge in [0.1, 0.15) is 16.5 Å². The van der Waals surface area contributed by atoms with Gasteiger partial charge in [-0.3, -0.25) is 4.79 Å². The Morgan fingerprint density at radius 3 is 2.76 bits per heavy atom. The number of carbonyl (C=O) groups is 1. The highest BCUT2D eigenvalue weighted by atomic mass is 32.2. The number of ether oxygens (including phenoxy) is 2. The van der Waals surface area contributed by atoms with Crippen LogP contribution in [0.3, 0.4) is 0 Å². The summed E-state index contributed by atoms with van der Waals surface area (Å²) < 4.78 is 12.9. The summed E-state index contributed by atoms with van der Waals surface area (Å²) in [5.74, 6) is 1.68. The van der Waals surface area contributed by atoms with Crippen molar-refractivity contribution in [2.45, 2.75) is 24.8 Å². The van der Waals surface area contributed by atoms with Gasteiger partial charge >= 0.3 is 0 Å². The maximum Gasteiger partial charge on any atom is 0.234 e. The smallest absolute Gasteiger partial charge is 0.234 e. The summed E-state index contributed by atoms with van der Waals surface area (Å²) in [5, 5.41) is 8.35. The molecule has 0 spiro atoms. The molecule has 1 N–H and O–H groups in total.